The molecule has 0 aromatic carbocycles. The van der Waals surface area contributed by atoms with Gasteiger partial charge in [0.2, 0.25) is 5.91 Å². The highest BCUT2D eigenvalue weighted by Crippen LogP contribution is 2.54. The molecular formula is C19H25F3N2O3. The molecule has 3 aliphatic rings. The Morgan fingerprint density at radius 1 is 1.41 bits per heavy atom. The lowest BCUT2D eigenvalue weighted by Crippen LogP contribution is -2.42. The molecule has 1 N–H and O–H groups in total. The summed E-state index contributed by atoms with van der Waals surface area (Å²) in [4.78, 5) is 14.1. The van der Waals surface area contributed by atoms with Crippen LogP contribution in [0.3, 0.4) is 0 Å². The molecule has 3 saturated heterocycles. The van der Waals surface area contributed by atoms with Crippen molar-refractivity contribution in [3.63, 3.8) is 0 Å². The number of aryl methyl sites for hydroxylation is 1. The summed E-state index contributed by atoms with van der Waals surface area (Å²) in [5.41, 5.74) is -0.173. The van der Waals surface area contributed by atoms with E-state index >= 15 is 0 Å². The number of ether oxygens (including phenoxy) is 1. The van der Waals surface area contributed by atoms with Crippen molar-refractivity contribution >= 4 is 5.91 Å². The quantitative estimate of drug-likeness (QED) is 0.817. The van der Waals surface area contributed by atoms with Gasteiger partial charge in [0.15, 0.2) is 0 Å². The van der Waals surface area contributed by atoms with Crippen molar-refractivity contribution < 1.29 is 27.1 Å². The van der Waals surface area contributed by atoms with E-state index in [1.165, 1.54) is 0 Å². The summed E-state index contributed by atoms with van der Waals surface area (Å²) in [5, 5.41) is 2.70. The zero-order valence-electron chi connectivity index (χ0n) is 15.3. The standard InChI is InChI=1S/C19H25F3N2O3/c1-12-2-3-13(26-12)9-24-10-15-14(16-4-6-18(15,11-24)27-16)8-23-17(25)5-7-19(20,21)22/h2-3,14-16H,4-11H2,1H3,(H,23,25)/t14-,15+,16+,18+/m0/s1. The molecular weight excluding hydrogens is 361 g/mol. The molecule has 1 spiro atoms. The van der Waals surface area contributed by atoms with Gasteiger partial charge in [-0.05, 0) is 31.9 Å². The Labute approximate surface area is 156 Å². The number of nitrogens with one attached hydrogen (secondary N) is 1. The number of likely N-dealkylation sites (tertiary alicyclic amines) is 1. The highest BCUT2D eigenvalue weighted by atomic mass is 19.4. The van der Waals surface area contributed by atoms with Crippen LogP contribution in [-0.4, -0.2) is 48.3 Å². The van der Waals surface area contributed by atoms with Crippen LogP contribution in [0.4, 0.5) is 13.2 Å². The second-order valence-corrected chi connectivity index (χ2v) is 8.13. The molecule has 3 fully saturated rings. The Balaban J connectivity index is 1.33. The predicted molar refractivity (Wildman–Crippen MR) is 90.8 cm³/mol. The molecule has 4 heterocycles. The fourth-order valence-corrected chi connectivity index (χ4v) is 5.05. The van der Waals surface area contributed by atoms with Crippen molar-refractivity contribution in [1.29, 1.82) is 0 Å². The van der Waals surface area contributed by atoms with Crippen molar-refractivity contribution in [2.45, 2.75) is 57.0 Å². The van der Waals surface area contributed by atoms with Crippen LogP contribution < -0.4 is 5.32 Å². The normalized spacial score (nSPS) is 32.8. The van der Waals surface area contributed by atoms with Gasteiger partial charge in [-0.3, -0.25) is 9.69 Å². The van der Waals surface area contributed by atoms with Crippen molar-refractivity contribution in [1.82, 2.24) is 10.2 Å². The predicted octanol–water partition coefficient (Wildman–Crippen LogP) is 3.03. The molecule has 1 amide bonds. The number of furan rings is 1. The number of hydrogen-bond donors (Lipinski definition) is 1. The highest BCUT2D eigenvalue weighted by Gasteiger charge is 2.62. The van der Waals surface area contributed by atoms with Crippen LogP contribution in [0.1, 0.15) is 37.2 Å². The average molecular weight is 386 g/mol. The third-order valence-corrected chi connectivity index (χ3v) is 6.20. The molecule has 3 aliphatic heterocycles. The number of hydrogen-bond acceptors (Lipinski definition) is 4. The van der Waals surface area contributed by atoms with E-state index in [2.05, 4.69) is 10.2 Å². The van der Waals surface area contributed by atoms with Crippen molar-refractivity contribution in [2.24, 2.45) is 11.8 Å². The first-order valence-corrected chi connectivity index (χ1v) is 9.53. The van der Waals surface area contributed by atoms with Gasteiger partial charge in [-0.2, -0.15) is 13.2 Å². The summed E-state index contributed by atoms with van der Waals surface area (Å²) in [5.74, 6) is 1.74. The zero-order valence-corrected chi connectivity index (χ0v) is 15.3. The van der Waals surface area contributed by atoms with Crippen molar-refractivity contribution in [3.05, 3.63) is 23.7 Å². The molecule has 4 rings (SSSR count). The van der Waals surface area contributed by atoms with E-state index in [1.807, 2.05) is 19.1 Å². The van der Waals surface area contributed by atoms with Crippen molar-refractivity contribution in [2.75, 3.05) is 19.6 Å². The molecule has 2 bridgehead atoms. The molecule has 5 nitrogen and oxygen atoms in total. The Morgan fingerprint density at radius 2 is 2.22 bits per heavy atom. The Kier molecular flexibility index (Phi) is 4.74. The number of carbonyl (C=O) groups is 1. The summed E-state index contributed by atoms with van der Waals surface area (Å²) in [6.45, 7) is 4.74. The molecule has 0 radical (unpaired) electrons. The number of alkyl halides is 3. The van der Waals surface area contributed by atoms with Crippen LogP contribution in [0.5, 0.6) is 0 Å². The molecule has 4 atom stereocenters. The van der Waals surface area contributed by atoms with E-state index < -0.39 is 24.9 Å². The van der Waals surface area contributed by atoms with Gasteiger partial charge >= 0.3 is 6.18 Å². The topological polar surface area (TPSA) is 54.7 Å². The molecule has 1 aromatic heterocycles. The van der Waals surface area contributed by atoms with Gasteiger partial charge in [-0.1, -0.05) is 0 Å². The summed E-state index contributed by atoms with van der Waals surface area (Å²) in [7, 11) is 0. The minimum Gasteiger partial charge on any atom is -0.465 e. The molecule has 0 saturated carbocycles. The summed E-state index contributed by atoms with van der Waals surface area (Å²) < 4.78 is 48.8. The van der Waals surface area contributed by atoms with E-state index in [1.54, 1.807) is 0 Å². The molecule has 1 aromatic rings. The molecule has 0 unspecified atom stereocenters. The van der Waals surface area contributed by atoms with Crippen molar-refractivity contribution in [3.8, 4) is 0 Å². The van der Waals surface area contributed by atoms with Gasteiger partial charge in [-0.25, -0.2) is 0 Å². The number of nitrogens with zero attached hydrogens (tertiary/aromatic N) is 1. The van der Waals surface area contributed by atoms with E-state index in [9.17, 15) is 18.0 Å². The SMILES string of the molecule is Cc1ccc(CN2C[C@@H]3[C@H](CNC(=O)CCC(F)(F)F)[C@H]4CC[C@]3(C2)O4)o1. The number of rotatable bonds is 6. The maximum atomic E-state index is 12.3. The van der Waals surface area contributed by atoms with Gasteiger partial charge in [0.25, 0.3) is 0 Å². The summed E-state index contributed by atoms with van der Waals surface area (Å²) in [6.07, 6.45) is -3.82. The van der Waals surface area contributed by atoms with Gasteiger partial charge in [0.1, 0.15) is 11.5 Å². The third-order valence-electron chi connectivity index (χ3n) is 6.20. The number of halogens is 3. The lowest BCUT2D eigenvalue weighted by atomic mass is 9.73. The minimum atomic E-state index is -4.30. The van der Waals surface area contributed by atoms with E-state index in [-0.39, 0.29) is 17.6 Å². The van der Waals surface area contributed by atoms with Gasteiger partial charge < -0.3 is 14.5 Å². The second kappa shape index (κ2) is 6.81. The first-order valence-electron chi connectivity index (χ1n) is 9.53. The smallest absolute Gasteiger partial charge is 0.389 e. The van der Waals surface area contributed by atoms with Crippen LogP contribution in [-0.2, 0) is 16.1 Å². The summed E-state index contributed by atoms with van der Waals surface area (Å²) in [6, 6.07) is 3.93. The first-order chi connectivity index (χ1) is 12.7. The van der Waals surface area contributed by atoms with Gasteiger partial charge in [0.05, 0.1) is 24.7 Å². The lowest BCUT2D eigenvalue weighted by Gasteiger charge is -2.29. The molecule has 8 heteroatoms. The van der Waals surface area contributed by atoms with E-state index in [4.69, 9.17) is 9.15 Å². The second-order valence-electron chi connectivity index (χ2n) is 8.13. The maximum Gasteiger partial charge on any atom is 0.389 e. The monoisotopic (exact) mass is 386 g/mol. The van der Waals surface area contributed by atoms with E-state index in [0.29, 0.717) is 12.5 Å². The van der Waals surface area contributed by atoms with Crippen LogP contribution >= 0.6 is 0 Å². The van der Waals surface area contributed by atoms with Crippen LogP contribution in [0, 0.1) is 18.8 Å². The molecule has 0 aliphatic carbocycles. The molecule has 150 valence electrons. The van der Waals surface area contributed by atoms with Gasteiger partial charge in [0, 0.05) is 37.9 Å². The van der Waals surface area contributed by atoms with Crippen LogP contribution in [0.25, 0.3) is 0 Å². The number of amides is 1. The highest BCUT2D eigenvalue weighted by molar-refractivity contribution is 5.75. The fourth-order valence-electron chi connectivity index (χ4n) is 5.05. The number of carbonyl (C=O) groups excluding carboxylic acids is 1. The summed E-state index contributed by atoms with van der Waals surface area (Å²) >= 11 is 0. The third kappa shape index (κ3) is 3.87. The Hall–Kier alpha value is -1.54. The first kappa shape index (κ1) is 18.8. The fraction of sp³-hybridized carbons (Fsp3) is 0.737. The van der Waals surface area contributed by atoms with Gasteiger partial charge in [-0.15, -0.1) is 0 Å². The maximum absolute atomic E-state index is 12.3. The average Bonchev–Trinajstić information content (AvgIpc) is 3.31. The minimum absolute atomic E-state index is 0.103. The van der Waals surface area contributed by atoms with E-state index in [0.717, 1.165) is 44.0 Å². The largest absolute Gasteiger partial charge is 0.465 e. The Bertz CT molecular complexity index is 705. The van der Waals surface area contributed by atoms with Crippen LogP contribution in [0.15, 0.2) is 16.5 Å². The number of fused-ring (bicyclic) bond motifs is 1. The zero-order chi connectivity index (χ0) is 19.2. The lowest BCUT2D eigenvalue weighted by molar-refractivity contribution is -0.144. The van der Waals surface area contributed by atoms with Crippen LogP contribution in [0.2, 0.25) is 0 Å². The Morgan fingerprint density at radius 3 is 2.93 bits per heavy atom. The molecule has 27 heavy (non-hydrogen) atoms.